The molecule has 0 aromatic heterocycles. The van der Waals surface area contributed by atoms with E-state index in [-0.39, 0.29) is 18.1 Å². The Morgan fingerprint density at radius 3 is 2.12 bits per heavy atom. The van der Waals surface area contributed by atoms with Gasteiger partial charge in [0.05, 0.1) is 13.0 Å². The molecule has 1 amide bonds. The van der Waals surface area contributed by atoms with Crippen LogP contribution in [0.25, 0.3) is 0 Å². The van der Waals surface area contributed by atoms with Crippen LogP contribution in [-0.4, -0.2) is 53.2 Å². The third kappa shape index (κ3) is 3.30. The first-order valence-electron chi connectivity index (χ1n) is 5.97. The Hall–Kier alpha value is -0.900. The van der Waals surface area contributed by atoms with Crippen LogP contribution in [0, 0.1) is 0 Å². The highest BCUT2D eigenvalue weighted by molar-refractivity contribution is 6.05. The van der Waals surface area contributed by atoms with E-state index in [0.717, 1.165) is 6.54 Å². The van der Waals surface area contributed by atoms with Crippen LogP contribution in [0.15, 0.2) is 0 Å². The van der Waals surface area contributed by atoms with E-state index in [2.05, 4.69) is 32.6 Å². The first-order valence-corrected chi connectivity index (χ1v) is 5.97. The van der Waals surface area contributed by atoms with E-state index in [1.807, 2.05) is 0 Å². The van der Waals surface area contributed by atoms with Gasteiger partial charge >= 0.3 is 0 Å². The summed E-state index contributed by atoms with van der Waals surface area (Å²) in [7, 11) is 0. The molecule has 1 aliphatic heterocycles. The third-order valence-corrected chi connectivity index (χ3v) is 3.02. The Bertz CT molecular complexity index is 266. The van der Waals surface area contributed by atoms with Crippen molar-refractivity contribution in [3.8, 4) is 0 Å². The Labute approximate surface area is 97.6 Å². The van der Waals surface area contributed by atoms with Crippen LogP contribution in [0.1, 0.15) is 34.1 Å². The lowest BCUT2D eigenvalue weighted by atomic mass is 10.2. The van der Waals surface area contributed by atoms with Crippen LogP contribution in [-0.2, 0) is 9.59 Å². The Morgan fingerprint density at radius 1 is 1.19 bits per heavy atom. The molecule has 0 N–H and O–H groups in total. The fourth-order valence-electron chi connectivity index (χ4n) is 2.19. The second kappa shape index (κ2) is 5.43. The molecule has 0 radical (unpaired) electrons. The largest absolute Gasteiger partial charge is 0.334 e. The van der Waals surface area contributed by atoms with E-state index in [4.69, 9.17) is 0 Å². The summed E-state index contributed by atoms with van der Waals surface area (Å²) in [5.41, 5.74) is 0. The van der Waals surface area contributed by atoms with Crippen molar-refractivity contribution in [2.24, 2.45) is 0 Å². The summed E-state index contributed by atoms with van der Waals surface area (Å²) in [6, 6.07) is 0.932. The van der Waals surface area contributed by atoms with Gasteiger partial charge in [-0.2, -0.15) is 0 Å². The third-order valence-electron chi connectivity index (χ3n) is 3.02. The Morgan fingerprint density at radius 2 is 1.75 bits per heavy atom. The quantitative estimate of drug-likeness (QED) is 0.654. The van der Waals surface area contributed by atoms with Gasteiger partial charge in [-0.05, 0) is 27.7 Å². The summed E-state index contributed by atoms with van der Waals surface area (Å²) in [4.78, 5) is 26.5. The van der Waals surface area contributed by atoms with Crippen LogP contribution in [0.4, 0.5) is 0 Å². The zero-order valence-corrected chi connectivity index (χ0v) is 10.7. The van der Waals surface area contributed by atoms with Gasteiger partial charge in [-0.3, -0.25) is 14.5 Å². The molecule has 0 saturated carbocycles. The minimum atomic E-state index is -0.0162. The molecular formula is C12H22N2O2. The highest BCUT2D eigenvalue weighted by atomic mass is 16.2. The van der Waals surface area contributed by atoms with Crippen molar-refractivity contribution in [2.75, 3.05) is 19.6 Å². The van der Waals surface area contributed by atoms with Crippen molar-refractivity contribution in [1.82, 2.24) is 9.80 Å². The maximum absolute atomic E-state index is 11.4. The predicted octanol–water partition coefficient (Wildman–Crippen LogP) is 0.907. The zero-order valence-electron chi connectivity index (χ0n) is 10.7. The first-order chi connectivity index (χ1) is 7.41. The predicted molar refractivity (Wildman–Crippen MR) is 63.2 cm³/mol. The molecule has 16 heavy (non-hydrogen) atoms. The summed E-state index contributed by atoms with van der Waals surface area (Å²) < 4.78 is 0. The smallest absolute Gasteiger partial charge is 0.230 e. The zero-order chi connectivity index (χ0) is 12.3. The number of ketones is 1. The number of rotatable bonds is 5. The van der Waals surface area contributed by atoms with E-state index in [0.29, 0.717) is 25.2 Å². The standard InChI is InChI=1S/C12H22N2O2/c1-9(2)14(10(3)4)6-5-13-8-11(15)7-12(13)16/h9-10H,5-8H2,1-4H3. The van der Waals surface area contributed by atoms with Gasteiger partial charge in [0.2, 0.25) is 5.91 Å². The van der Waals surface area contributed by atoms with Crippen LogP contribution in [0.2, 0.25) is 0 Å². The maximum atomic E-state index is 11.4. The van der Waals surface area contributed by atoms with Crippen molar-refractivity contribution in [1.29, 1.82) is 0 Å². The van der Waals surface area contributed by atoms with Gasteiger partial charge in [-0.25, -0.2) is 0 Å². The lowest BCUT2D eigenvalue weighted by Gasteiger charge is -2.31. The second-order valence-electron chi connectivity index (χ2n) is 4.96. The van der Waals surface area contributed by atoms with Gasteiger partial charge in [0.25, 0.3) is 0 Å². The normalized spacial score (nSPS) is 17.3. The van der Waals surface area contributed by atoms with Crippen molar-refractivity contribution in [2.45, 2.75) is 46.2 Å². The van der Waals surface area contributed by atoms with Crippen LogP contribution >= 0.6 is 0 Å². The highest BCUT2D eigenvalue weighted by Gasteiger charge is 2.27. The molecule has 1 aliphatic rings. The molecule has 4 nitrogen and oxygen atoms in total. The van der Waals surface area contributed by atoms with Crippen LogP contribution in [0.5, 0.6) is 0 Å². The number of carbonyl (C=O) groups excluding carboxylic acids is 2. The van der Waals surface area contributed by atoms with Gasteiger partial charge in [0, 0.05) is 25.2 Å². The van der Waals surface area contributed by atoms with Gasteiger partial charge in [0.1, 0.15) is 0 Å². The SMILES string of the molecule is CC(C)N(CCN1CC(=O)CC1=O)C(C)C. The average molecular weight is 226 g/mol. The minimum absolute atomic E-state index is 0.0162. The molecule has 4 heteroatoms. The number of nitrogens with zero attached hydrogens (tertiary/aromatic N) is 2. The number of hydrogen-bond acceptors (Lipinski definition) is 3. The Kier molecular flexibility index (Phi) is 4.47. The fourth-order valence-corrected chi connectivity index (χ4v) is 2.19. The maximum Gasteiger partial charge on any atom is 0.230 e. The molecule has 0 unspecified atom stereocenters. The number of likely N-dealkylation sites (tertiary alicyclic amines) is 1. The lowest BCUT2D eigenvalue weighted by molar-refractivity contribution is -0.128. The summed E-state index contributed by atoms with van der Waals surface area (Å²) >= 11 is 0. The molecule has 1 fully saturated rings. The number of carbonyl (C=O) groups is 2. The summed E-state index contributed by atoms with van der Waals surface area (Å²) in [6.45, 7) is 10.4. The molecule has 0 aliphatic carbocycles. The molecule has 0 spiro atoms. The van der Waals surface area contributed by atoms with Crippen molar-refractivity contribution in [3.63, 3.8) is 0 Å². The summed E-state index contributed by atoms with van der Waals surface area (Å²) in [5, 5.41) is 0. The number of Topliss-reactive ketones (excluding diaryl/α,β-unsaturated/α-hetero) is 1. The molecule has 1 saturated heterocycles. The summed E-state index contributed by atoms with van der Waals surface area (Å²) in [6.07, 6.45) is 0.101. The fraction of sp³-hybridized carbons (Fsp3) is 0.833. The van der Waals surface area contributed by atoms with E-state index in [9.17, 15) is 9.59 Å². The van der Waals surface area contributed by atoms with E-state index >= 15 is 0 Å². The van der Waals surface area contributed by atoms with Crippen LogP contribution < -0.4 is 0 Å². The van der Waals surface area contributed by atoms with Crippen LogP contribution in [0.3, 0.4) is 0 Å². The monoisotopic (exact) mass is 226 g/mol. The molecule has 0 aromatic rings. The summed E-state index contributed by atoms with van der Waals surface area (Å²) in [5.74, 6) is 0.0307. The van der Waals surface area contributed by atoms with Gasteiger partial charge in [0.15, 0.2) is 5.78 Å². The molecular weight excluding hydrogens is 204 g/mol. The van der Waals surface area contributed by atoms with E-state index in [1.165, 1.54) is 0 Å². The number of amides is 1. The highest BCUT2D eigenvalue weighted by Crippen LogP contribution is 2.09. The molecule has 1 heterocycles. The number of hydrogen-bond donors (Lipinski definition) is 0. The lowest BCUT2D eigenvalue weighted by Crippen LogP contribution is -2.43. The first kappa shape index (κ1) is 13.2. The minimum Gasteiger partial charge on any atom is -0.334 e. The van der Waals surface area contributed by atoms with Crippen molar-refractivity contribution >= 4 is 11.7 Å². The topological polar surface area (TPSA) is 40.6 Å². The Balaban J connectivity index is 2.43. The van der Waals surface area contributed by atoms with Gasteiger partial charge < -0.3 is 4.90 Å². The molecule has 1 rings (SSSR count). The molecule has 0 atom stereocenters. The van der Waals surface area contributed by atoms with E-state index in [1.54, 1.807) is 4.90 Å². The van der Waals surface area contributed by atoms with Gasteiger partial charge in [-0.15, -0.1) is 0 Å². The van der Waals surface area contributed by atoms with E-state index < -0.39 is 0 Å². The van der Waals surface area contributed by atoms with Gasteiger partial charge in [-0.1, -0.05) is 0 Å². The van der Waals surface area contributed by atoms with Crippen molar-refractivity contribution < 1.29 is 9.59 Å². The second-order valence-corrected chi connectivity index (χ2v) is 4.96. The average Bonchev–Trinajstić information content (AvgIpc) is 2.44. The molecule has 0 aromatic carbocycles. The molecule has 0 bridgehead atoms. The van der Waals surface area contributed by atoms with Crippen molar-refractivity contribution in [3.05, 3.63) is 0 Å². The molecule has 92 valence electrons.